The van der Waals surface area contributed by atoms with Gasteiger partial charge in [-0.2, -0.15) is 0 Å². The molecule has 1 aromatic rings. The summed E-state index contributed by atoms with van der Waals surface area (Å²) < 4.78 is 5.65. The van der Waals surface area contributed by atoms with E-state index in [1.807, 2.05) is 19.1 Å². The van der Waals surface area contributed by atoms with Crippen LogP contribution in [0.2, 0.25) is 0 Å². The SMILES string of the molecule is Cc1ccc(OCCC(=O)NC2CCNC2)c(C)c1. The van der Waals surface area contributed by atoms with Crippen molar-refractivity contribution in [1.82, 2.24) is 10.6 Å². The highest BCUT2D eigenvalue weighted by molar-refractivity contribution is 5.76. The molecule has 1 heterocycles. The van der Waals surface area contributed by atoms with Crippen LogP contribution in [0.1, 0.15) is 24.0 Å². The van der Waals surface area contributed by atoms with E-state index in [0.717, 1.165) is 30.8 Å². The molecule has 0 aromatic heterocycles. The van der Waals surface area contributed by atoms with E-state index >= 15 is 0 Å². The van der Waals surface area contributed by atoms with Gasteiger partial charge in [0.05, 0.1) is 13.0 Å². The molecule has 4 heteroatoms. The molecule has 0 bridgehead atoms. The van der Waals surface area contributed by atoms with Crippen LogP contribution >= 0.6 is 0 Å². The molecule has 0 aliphatic carbocycles. The first-order valence-electron chi connectivity index (χ1n) is 6.85. The molecule has 1 unspecified atom stereocenters. The first-order chi connectivity index (χ1) is 9.15. The van der Waals surface area contributed by atoms with Gasteiger partial charge in [-0.25, -0.2) is 0 Å². The molecule has 19 heavy (non-hydrogen) atoms. The van der Waals surface area contributed by atoms with Gasteiger partial charge in [0.2, 0.25) is 5.91 Å². The van der Waals surface area contributed by atoms with Gasteiger partial charge in [-0.05, 0) is 38.4 Å². The summed E-state index contributed by atoms with van der Waals surface area (Å²) in [7, 11) is 0. The van der Waals surface area contributed by atoms with Gasteiger partial charge in [-0.1, -0.05) is 17.7 Å². The number of ether oxygens (including phenoxy) is 1. The van der Waals surface area contributed by atoms with Crippen LogP contribution in [0.4, 0.5) is 0 Å². The van der Waals surface area contributed by atoms with Crippen LogP contribution < -0.4 is 15.4 Å². The van der Waals surface area contributed by atoms with Crippen molar-refractivity contribution in [3.63, 3.8) is 0 Å². The normalized spacial score (nSPS) is 18.3. The number of rotatable bonds is 5. The first-order valence-corrected chi connectivity index (χ1v) is 6.85. The van der Waals surface area contributed by atoms with E-state index in [1.165, 1.54) is 5.56 Å². The topological polar surface area (TPSA) is 50.4 Å². The standard InChI is InChI=1S/C15H22N2O2/c1-11-3-4-14(12(2)9-11)19-8-6-15(18)17-13-5-7-16-10-13/h3-4,9,13,16H,5-8,10H2,1-2H3,(H,17,18). The molecule has 1 saturated heterocycles. The lowest BCUT2D eigenvalue weighted by Crippen LogP contribution is -2.36. The minimum absolute atomic E-state index is 0.0680. The number of nitrogens with one attached hydrogen (secondary N) is 2. The smallest absolute Gasteiger partial charge is 0.223 e. The molecular formula is C15H22N2O2. The summed E-state index contributed by atoms with van der Waals surface area (Å²) in [6.07, 6.45) is 1.42. The van der Waals surface area contributed by atoms with Gasteiger partial charge in [0.1, 0.15) is 5.75 Å². The minimum atomic E-state index is 0.0680. The van der Waals surface area contributed by atoms with E-state index < -0.39 is 0 Å². The Balaban J connectivity index is 1.72. The van der Waals surface area contributed by atoms with E-state index in [-0.39, 0.29) is 11.9 Å². The summed E-state index contributed by atoms with van der Waals surface area (Å²) >= 11 is 0. The maximum absolute atomic E-state index is 11.7. The quantitative estimate of drug-likeness (QED) is 0.846. The number of aryl methyl sites for hydroxylation is 2. The number of benzene rings is 1. The molecule has 1 aliphatic heterocycles. The monoisotopic (exact) mass is 262 g/mol. The maximum Gasteiger partial charge on any atom is 0.223 e. The molecule has 104 valence electrons. The Hall–Kier alpha value is -1.55. The van der Waals surface area contributed by atoms with Crippen LogP contribution in [0.5, 0.6) is 5.75 Å². The minimum Gasteiger partial charge on any atom is -0.493 e. The molecule has 1 amide bonds. The van der Waals surface area contributed by atoms with Gasteiger partial charge < -0.3 is 15.4 Å². The third kappa shape index (κ3) is 4.24. The number of hydrogen-bond acceptors (Lipinski definition) is 3. The summed E-state index contributed by atoms with van der Waals surface area (Å²) in [5.74, 6) is 0.930. The van der Waals surface area contributed by atoms with Crippen molar-refractivity contribution in [1.29, 1.82) is 0 Å². The summed E-state index contributed by atoms with van der Waals surface area (Å²) in [6, 6.07) is 6.35. The second-order valence-corrected chi connectivity index (χ2v) is 5.12. The highest BCUT2D eigenvalue weighted by Gasteiger charge is 2.16. The van der Waals surface area contributed by atoms with Crippen molar-refractivity contribution in [2.45, 2.75) is 32.7 Å². The van der Waals surface area contributed by atoms with Crippen molar-refractivity contribution in [3.05, 3.63) is 29.3 Å². The van der Waals surface area contributed by atoms with Crippen LogP contribution in [0.3, 0.4) is 0 Å². The fraction of sp³-hybridized carbons (Fsp3) is 0.533. The predicted octanol–water partition coefficient (Wildman–Crippen LogP) is 1.55. The fourth-order valence-corrected chi connectivity index (χ4v) is 2.29. The van der Waals surface area contributed by atoms with Crippen molar-refractivity contribution in [2.24, 2.45) is 0 Å². The van der Waals surface area contributed by atoms with Gasteiger partial charge in [0.25, 0.3) is 0 Å². The highest BCUT2D eigenvalue weighted by atomic mass is 16.5. The molecule has 2 N–H and O–H groups in total. The van der Waals surface area contributed by atoms with Crippen molar-refractivity contribution < 1.29 is 9.53 Å². The third-order valence-corrected chi connectivity index (χ3v) is 3.34. The molecular weight excluding hydrogens is 240 g/mol. The van der Waals surface area contributed by atoms with Crippen LogP contribution in [0.25, 0.3) is 0 Å². The van der Waals surface area contributed by atoms with Crippen molar-refractivity contribution >= 4 is 5.91 Å². The number of carbonyl (C=O) groups is 1. The van der Waals surface area contributed by atoms with Crippen LogP contribution in [-0.2, 0) is 4.79 Å². The van der Waals surface area contributed by atoms with Gasteiger partial charge in [0.15, 0.2) is 0 Å². The lowest BCUT2D eigenvalue weighted by molar-refractivity contribution is -0.122. The van der Waals surface area contributed by atoms with E-state index in [9.17, 15) is 4.79 Å². The molecule has 1 fully saturated rings. The Bertz CT molecular complexity index is 440. The van der Waals surface area contributed by atoms with Gasteiger partial charge in [0, 0.05) is 12.6 Å². The molecule has 4 nitrogen and oxygen atoms in total. The molecule has 2 rings (SSSR count). The zero-order valence-electron chi connectivity index (χ0n) is 11.7. The third-order valence-electron chi connectivity index (χ3n) is 3.34. The van der Waals surface area contributed by atoms with E-state index in [2.05, 4.69) is 23.6 Å². The van der Waals surface area contributed by atoms with Crippen LogP contribution in [0, 0.1) is 13.8 Å². The molecule has 0 saturated carbocycles. The van der Waals surface area contributed by atoms with Gasteiger partial charge >= 0.3 is 0 Å². The van der Waals surface area contributed by atoms with Gasteiger partial charge in [-0.3, -0.25) is 4.79 Å². The van der Waals surface area contributed by atoms with E-state index in [0.29, 0.717) is 13.0 Å². The Morgan fingerprint density at radius 1 is 1.47 bits per heavy atom. The maximum atomic E-state index is 11.7. The summed E-state index contributed by atoms with van der Waals surface area (Å²) in [4.78, 5) is 11.7. The lowest BCUT2D eigenvalue weighted by atomic mass is 10.1. The number of hydrogen-bond donors (Lipinski definition) is 2. The van der Waals surface area contributed by atoms with Gasteiger partial charge in [-0.15, -0.1) is 0 Å². The second-order valence-electron chi connectivity index (χ2n) is 5.12. The zero-order chi connectivity index (χ0) is 13.7. The Morgan fingerprint density at radius 3 is 3.00 bits per heavy atom. The second kappa shape index (κ2) is 6.57. The first kappa shape index (κ1) is 13.9. The molecule has 1 aromatic carbocycles. The zero-order valence-corrected chi connectivity index (χ0v) is 11.7. The Kier molecular flexibility index (Phi) is 4.80. The number of amides is 1. The number of carbonyl (C=O) groups excluding carboxylic acids is 1. The highest BCUT2D eigenvalue weighted by Crippen LogP contribution is 2.18. The average molecular weight is 262 g/mol. The Labute approximate surface area is 114 Å². The summed E-state index contributed by atoms with van der Waals surface area (Å²) in [5.41, 5.74) is 2.33. The van der Waals surface area contributed by atoms with Crippen LogP contribution in [0.15, 0.2) is 18.2 Å². The van der Waals surface area contributed by atoms with Crippen molar-refractivity contribution in [3.8, 4) is 5.75 Å². The predicted molar refractivity (Wildman–Crippen MR) is 75.4 cm³/mol. The molecule has 0 radical (unpaired) electrons. The lowest BCUT2D eigenvalue weighted by Gasteiger charge is -2.12. The van der Waals surface area contributed by atoms with E-state index in [4.69, 9.17) is 4.74 Å². The fourth-order valence-electron chi connectivity index (χ4n) is 2.29. The molecule has 0 spiro atoms. The molecule has 1 aliphatic rings. The summed E-state index contributed by atoms with van der Waals surface area (Å²) in [5, 5.41) is 6.23. The Morgan fingerprint density at radius 2 is 2.32 bits per heavy atom. The largest absolute Gasteiger partial charge is 0.493 e. The molecule has 1 atom stereocenters. The van der Waals surface area contributed by atoms with Crippen molar-refractivity contribution in [2.75, 3.05) is 19.7 Å². The summed E-state index contributed by atoms with van der Waals surface area (Å²) in [6.45, 7) is 6.37. The average Bonchev–Trinajstić information content (AvgIpc) is 2.84. The van der Waals surface area contributed by atoms with Crippen LogP contribution in [-0.4, -0.2) is 31.6 Å². The van der Waals surface area contributed by atoms with E-state index in [1.54, 1.807) is 0 Å².